The second-order valence-electron chi connectivity index (χ2n) is 8.05. The number of hydrogen-bond acceptors (Lipinski definition) is 8. The summed E-state index contributed by atoms with van der Waals surface area (Å²) < 4.78 is 94.2. The number of benzene rings is 1. The molecule has 212 valence electrons. The van der Waals surface area contributed by atoms with Gasteiger partial charge < -0.3 is 14.2 Å². The summed E-state index contributed by atoms with van der Waals surface area (Å²) in [6.07, 6.45) is -0.566. The predicted molar refractivity (Wildman–Crippen MR) is 136 cm³/mol. The molecule has 0 fully saturated rings. The second-order valence-corrected chi connectivity index (χ2v) is 10.1. The minimum Gasteiger partial charge on any atom is -0.484 e. The van der Waals surface area contributed by atoms with Gasteiger partial charge in [-0.3, -0.25) is 13.9 Å². The summed E-state index contributed by atoms with van der Waals surface area (Å²) in [7, 11) is -3.00. The van der Waals surface area contributed by atoms with Crippen LogP contribution in [0.1, 0.15) is 0 Å². The highest BCUT2D eigenvalue weighted by Crippen LogP contribution is 2.31. The molecule has 0 aliphatic carbocycles. The maximum Gasteiger partial charge on any atom is 0.411 e. The van der Waals surface area contributed by atoms with Crippen molar-refractivity contribution >= 4 is 33.0 Å². The van der Waals surface area contributed by atoms with Gasteiger partial charge in [-0.05, 0) is 36.4 Å². The lowest BCUT2D eigenvalue weighted by atomic mass is 10.1. The molecule has 0 radical (unpaired) electrons. The van der Waals surface area contributed by atoms with Crippen LogP contribution < -0.4 is 19.8 Å². The van der Waals surface area contributed by atoms with Crippen LogP contribution in [0.15, 0.2) is 64.7 Å². The lowest BCUT2D eigenvalue weighted by Gasteiger charge is -2.14. The number of hydrogen-bond donors (Lipinski definition) is 1. The second kappa shape index (κ2) is 11.7. The predicted octanol–water partition coefficient (Wildman–Crippen LogP) is 4.32. The highest BCUT2D eigenvalue weighted by atomic mass is 35.5. The van der Waals surface area contributed by atoms with Crippen LogP contribution in [0, 0.1) is 5.82 Å². The normalized spacial score (nSPS) is 11.9. The number of ether oxygens (including phenoxy) is 3. The molecule has 0 aliphatic heterocycles. The topological polar surface area (TPSA) is 121 Å². The largest absolute Gasteiger partial charge is 0.484 e. The molecule has 0 spiro atoms. The Morgan fingerprint density at radius 1 is 1.05 bits per heavy atom. The maximum absolute atomic E-state index is 13.4. The van der Waals surface area contributed by atoms with E-state index < -0.39 is 40.8 Å². The van der Waals surface area contributed by atoms with Crippen molar-refractivity contribution in [3.63, 3.8) is 0 Å². The molecule has 1 aromatic carbocycles. The fourth-order valence-corrected chi connectivity index (χ4v) is 5.05. The van der Waals surface area contributed by atoms with E-state index >= 15 is 0 Å². The number of nitrogens with one attached hydrogen (secondary N) is 1. The lowest BCUT2D eigenvalue weighted by Crippen LogP contribution is -2.22. The van der Waals surface area contributed by atoms with Crippen molar-refractivity contribution in [2.45, 2.75) is 11.1 Å². The Hall–Kier alpha value is -3.95. The molecule has 4 aromatic rings. The Balaban J connectivity index is 1.61. The Kier molecular flexibility index (Phi) is 8.46. The zero-order chi connectivity index (χ0) is 29.1. The molecule has 0 aliphatic rings. The molecule has 0 saturated carbocycles. The van der Waals surface area contributed by atoms with Gasteiger partial charge in [-0.25, -0.2) is 22.8 Å². The maximum atomic E-state index is 13.4. The first-order valence-corrected chi connectivity index (χ1v) is 13.0. The zero-order valence-corrected chi connectivity index (χ0v) is 22.0. The summed E-state index contributed by atoms with van der Waals surface area (Å²) in [5, 5.41) is -0.332. The highest BCUT2D eigenvalue weighted by molar-refractivity contribution is 7.92. The molecule has 16 heteroatoms. The molecule has 0 bridgehead atoms. The van der Waals surface area contributed by atoms with Gasteiger partial charge in [0.25, 0.3) is 15.6 Å². The molecule has 40 heavy (non-hydrogen) atoms. The summed E-state index contributed by atoms with van der Waals surface area (Å²) in [4.78, 5) is 20.8. The van der Waals surface area contributed by atoms with Crippen LogP contribution >= 0.6 is 11.6 Å². The van der Waals surface area contributed by atoms with E-state index in [2.05, 4.69) is 19.4 Å². The van der Waals surface area contributed by atoms with Crippen LogP contribution in [-0.4, -0.2) is 55.9 Å². The summed E-state index contributed by atoms with van der Waals surface area (Å²) in [6, 6.07) is 7.33. The standard InChI is InChI=1S/C24H19ClF4N4O6S/c1-37-22-18(32-40(35,36)20-4-3-16(26)9-17(20)25)8-15(10-31-22)14-2-5-21-30-11-19(23(34)33(21)12-14)39-7-6-38-13-24(27,28)29/h2-5,8-12,32H,6-7,13H2,1H3. The van der Waals surface area contributed by atoms with E-state index in [0.29, 0.717) is 11.1 Å². The molecule has 3 aromatic heterocycles. The average Bonchev–Trinajstić information content (AvgIpc) is 2.88. The van der Waals surface area contributed by atoms with E-state index in [9.17, 15) is 30.8 Å². The van der Waals surface area contributed by atoms with Gasteiger partial charge in [0.05, 0.1) is 24.9 Å². The van der Waals surface area contributed by atoms with Crippen LogP contribution in [-0.2, 0) is 14.8 Å². The molecule has 0 unspecified atom stereocenters. The van der Waals surface area contributed by atoms with E-state index in [1.807, 2.05) is 0 Å². The number of pyridine rings is 2. The molecule has 10 nitrogen and oxygen atoms in total. The molecule has 4 rings (SSSR count). The van der Waals surface area contributed by atoms with Crippen molar-refractivity contribution in [3.05, 3.63) is 76.2 Å². The fraction of sp³-hybridized carbons (Fsp3) is 0.208. The number of methoxy groups -OCH3 is 1. The first-order chi connectivity index (χ1) is 18.9. The van der Waals surface area contributed by atoms with E-state index in [1.165, 1.54) is 31.6 Å². The Morgan fingerprint density at radius 2 is 1.82 bits per heavy atom. The number of halogens is 5. The molecule has 0 saturated heterocycles. The average molecular weight is 603 g/mol. The van der Waals surface area contributed by atoms with Gasteiger partial charge in [-0.1, -0.05) is 11.6 Å². The van der Waals surface area contributed by atoms with Gasteiger partial charge in [0.1, 0.15) is 35.3 Å². The number of nitrogens with zero attached hydrogens (tertiary/aromatic N) is 3. The van der Waals surface area contributed by atoms with Crippen molar-refractivity contribution in [1.82, 2.24) is 14.4 Å². The monoisotopic (exact) mass is 602 g/mol. The van der Waals surface area contributed by atoms with Gasteiger partial charge in [0, 0.05) is 23.5 Å². The van der Waals surface area contributed by atoms with Crippen LogP contribution in [0.25, 0.3) is 16.8 Å². The van der Waals surface area contributed by atoms with E-state index in [4.69, 9.17) is 21.1 Å². The first-order valence-electron chi connectivity index (χ1n) is 11.2. The van der Waals surface area contributed by atoms with Gasteiger partial charge in [0.2, 0.25) is 11.6 Å². The summed E-state index contributed by atoms with van der Waals surface area (Å²) >= 11 is 5.92. The quantitative estimate of drug-likeness (QED) is 0.211. The van der Waals surface area contributed by atoms with E-state index in [0.717, 1.165) is 28.8 Å². The third-order valence-corrected chi connectivity index (χ3v) is 7.08. The first kappa shape index (κ1) is 29.0. The third-order valence-electron chi connectivity index (χ3n) is 5.23. The third kappa shape index (κ3) is 6.78. The Labute approximate surface area is 229 Å². The molecule has 3 heterocycles. The van der Waals surface area contributed by atoms with Gasteiger partial charge in [0.15, 0.2) is 0 Å². The minimum atomic E-state index is -4.48. The minimum absolute atomic E-state index is 0.0677. The van der Waals surface area contributed by atoms with Crippen LogP contribution in [0.2, 0.25) is 5.02 Å². The van der Waals surface area contributed by atoms with Crippen molar-refractivity contribution in [2.24, 2.45) is 0 Å². The Bertz CT molecular complexity index is 1720. The van der Waals surface area contributed by atoms with Crippen molar-refractivity contribution < 1.29 is 40.2 Å². The van der Waals surface area contributed by atoms with E-state index in [1.54, 1.807) is 6.07 Å². The summed E-state index contributed by atoms with van der Waals surface area (Å²) in [5.74, 6) is -1.01. The number of anilines is 1. The van der Waals surface area contributed by atoms with Gasteiger partial charge >= 0.3 is 6.18 Å². The number of rotatable bonds is 10. The zero-order valence-electron chi connectivity index (χ0n) is 20.4. The smallest absolute Gasteiger partial charge is 0.411 e. The summed E-state index contributed by atoms with van der Waals surface area (Å²) in [6.45, 7) is -2.16. The molecular weight excluding hydrogens is 584 g/mol. The van der Waals surface area contributed by atoms with Crippen molar-refractivity contribution in [2.75, 3.05) is 31.7 Å². The number of sulfonamides is 1. The summed E-state index contributed by atoms with van der Waals surface area (Å²) in [5.41, 5.74) is 0.308. The number of fused-ring (bicyclic) bond motifs is 1. The molecular formula is C24H19ClF4N4O6S. The molecule has 0 atom stereocenters. The van der Waals surface area contributed by atoms with Crippen LogP contribution in [0.4, 0.5) is 23.2 Å². The van der Waals surface area contributed by atoms with Crippen molar-refractivity contribution in [3.8, 4) is 22.8 Å². The van der Waals surface area contributed by atoms with Crippen molar-refractivity contribution in [1.29, 1.82) is 0 Å². The Morgan fingerprint density at radius 3 is 2.52 bits per heavy atom. The molecule has 0 amide bonds. The highest BCUT2D eigenvalue weighted by Gasteiger charge is 2.27. The van der Waals surface area contributed by atoms with Gasteiger partial charge in [-0.15, -0.1) is 0 Å². The number of alkyl halides is 3. The van der Waals surface area contributed by atoms with Crippen LogP contribution in [0.3, 0.4) is 0 Å². The fourth-order valence-electron chi connectivity index (χ4n) is 3.47. The van der Waals surface area contributed by atoms with E-state index in [-0.39, 0.29) is 39.5 Å². The lowest BCUT2D eigenvalue weighted by molar-refractivity contribution is -0.175. The SMILES string of the molecule is COc1ncc(-c2ccc3ncc(OCCOCC(F)(F)F)c(=O)n3c2)cc1NS(=O)(=O)c1ccc(F)cc1Cl. The number of aromatic nitrogens is 3. The van der Waals surface area contributed by atoms with Gasteiger partial charge in [-0.2, -0.15) is 13.2 Å². The van der Waals surface area contributed by atoms with Crippen LogP contribution in [0.5, 0.6) is 11.6 Å². The molecule has 1 N–H and O–H groups in total.